The van der Waals surface area contributed by atoms with Gasteiger partial charge < -0.3 is 10.1 Å². The molecule has 0 aromatic heterocycles. The summed E-state index contributed by atoms with van der Waals surface area (Å²) in [7, 11) is 0. The molecule has 1 fully saturated rings. The molecule has 0 heterocycles. The summed E-state index contributed by atoms with van der Waals surface area (Å²) >= 11 is 1.29. The van der Waals surface area contributed by atoms with Gasteiger partial charge in [-0.15, -0.1) is 0 Å². The summed E-state index contributed by atoms with van der Waals surface area (Å²) in [5.74, 6) is -1.10. The van der Waals surface area contributed by atoms with Gasteiger partial charge in [0.15, 0.2) is 6.10 Å². The third-order valence-corrected chi connectivity index (χ3v) is 6.42. The van der Waals surface area contributed by atoms with Crippen LogP contribution in [0.4, 0.5) is 0 Å². The Labute approximate surface area is 186 Å². The fourth-order valence-electron chi connectivity index (χ4n) is 3.53. The van der Waals surface area contributed by atoms with E-state index in [0.29, 0.717) is 28.9 Å². The fourth-order valence-corrected chi connectivity index (χ4v) is 4.54. The summed E-state index contributed by atoms with van der Waals surface area (Å²) in [6, 6.07) is 18.4. The van der Waals surface area contributed by atoms with Crippen molar-refractivity contribution in [1.29, 1.82) is 10.5 Å². The van der Waals surface area contributed by atoms with Crippen molar-refractivity contribution < 1.29 is 14.3 Å². The lowest BCUT2D eigenvalue weighted by atomic mass is 9.83. The van der Waals surface area contributed by atoms with Crippen LogP contribution in [-0.4, -0.2) is 23.5 Å². The Balaban J connectivity index is 1.71. The zero-order valence-corrected chi connectivity index (χ0v) is 18.1. The van der Waals surface area contributed by atoms with Gasteiger partial charge in [-0.25, -0.2) is 4.79 Å². The minimum Gasteiger partial charge on any atom is -0.449 e. The molecule has 0 spiro atoms. The van der Waals surface area contributed by atoms with Gasteiger partial charge in [-0.3, -0.25) is 4.79 Å². The molecule has 1 aliphatic rings. The first-order chi connectivity index (χ1) is 15.0. The maximum atomic E-state index is 12.8. The summed E-state index contributed by atoms with van der Waals surface area (Å²) in [6.45, 7) is 1.50. The van der Waals surface area contributed by atoms with Crippen molar-refractivity contribution in [3.05, 3.63) is 59.7 Å². The van der Waals surface area contributed by atoms with Crippen molar-refractivity contribution in [3.8, 4) is 12.1 Å². The minimum absolute atomic E-state index is 0.313. The van der Waals surface area contributed by atoms with E-state index in [1.165, 1.54) is 18.7 Å². The van der Waals surface area contributed by atoms with Crippen molar-refractivity contribution in [2.24, 2.45) is 0 Å². The molecular weight excluding hydrogens is 410 g/mol. The predicted molar refractivity (Wildman–Crippen MR) is 116 cm³/mol. The van der Waals surface area contributed by atoms with Crippen molar-refractivity contribution >= 4 is 23.6 Å². The van der Waals surface area contributed by atoms with Crippen LogP contribution in [0.2, 0.25) is 0 Å². The monoisotopic (exact) mass is 433 g/mol. The molecule has 0 radical (unpaired) electrons. The predicted octanol–water partition coefficient (Wildman–Crippen LogP) is 4.60. The van der Waals surface area contributed by atoms with Crippen LogP contribution in [0.3, 0.4) is 0 Å². The summed E-state index contributed by atoms with van der Waals surface area (Å²) < 4.78 is 5.43. The van der Waals surface area contributed by atoms with Gasteiger partial charge in [0, 0.05) is 9.79 Å². The van der Waals surface area contributed by atoms with Gasteiger partial charge in [0.2, 0.25) is 0 Å². The van der Waals surface area contributed by atoms with Crippen LogP contribution in [0, 0.1) is 22.7 Å². The maximum Gasteiger partial charge on any atom is 0.340 e. The van der Waals surface area contributed by atoms with E-state index >= 15 is 0 Å². The molecule has 0 aliphatic heterocycles. The van der Waals surface area contributed by atoms with Crippen molar-refractivity contribution in [2.75, 3.05) is 0 Å². The molecule has 1 atom stereocenters. The molecule has 1 amide bonds. The molecule has 1 unspecified atom stereocenters. The summed E-state index contributed by atoms with van der Waals surface area (Å²) in [4.78, 5) is 26.8. The third kappa shape index (κ3) is 5.45. The lowest BCUT2D eigenvalue weighted by molar-refractivity contribution is -0.130. The van der Waals surface area contributed by atoms with Gasteiger partial charge in [0.1, 0.15) is 11.6 Å². The summed E-state index contributed by atoms with van der Waals surface area (Å²) in [6.07, 6.45) is 2.99. The molecule has 1 saturated carbocycles. The highest BCUT2D eigenvalue weighted by Crippen LogP contribution is 2.33. The molecule has 3 rings (SSSR count). The molecular formula is C24H23N3O3S. The van der Waals surface area contributed by atoms with Gasteiger partial charge >= 0.3 is 5.97 Å². The number of hydrogen-bond donors (Lipinski definition) is 1. The molecule has 0 bridgehead atoms. The third-order valence-electron chi connectivity index (χ3n) is 5.27. The molecule has 31 heavy (non-hydrogen) atoms. The second-order valence-electron chi connectivity index (χ2n) is 7.50. The van der Waals surface area contributed by atoms with Crippen LogP contribution in [0.5, 0.6) is 0 Å². The van der Waals surface area contributed by atoms with Crippen LogP contribution < -0.4 is 5.32 Å². The van der Waals surface area contributed by atoms with Crippen molar-refractivity contribution in [3.63, 3.8) is 0 Å². The second-order valence-corrected chi connectivity index (χ2v) is 8.58. The molecule has 1 aliphatic carbocycles. The number of ether oxygens (including phenoxy) is 1. The highest BCUT2D eigenvalue weighted by Gasteiger charge is 2.35. The highest BCUT2D eigenvalue weighted by atomic mass is 32.2. The van der Waals surface area contributed by atoms with Crippen LogP contribution in [0.1, 0.15) is 54.9 Å². The molecule has 2 aromatic rings. The maximum absolute atomic E-state index is 12.8. The first kappa shape index (κ1) is 22.4. The number of carbonyl (C=O) groups excluding carboxylic acids is 2. The Kier molecular flexibility index (Phi) is 7.33. The standard InChI is InChI=1S/C24H23N3O3S/c1-17(22(28)27-24(16-26)13-7-2-8-14-24)30-23(29)19-10-4-6-12-21(19)31-20-11-5-3-9-18(20)15-25/h3-6,9-12,17H,2,7-8,13-14H2,1H3,(H,27,28). The lowest BCUT2D eigenvalue weighted by Crippen LogP contribution is -2.52. The number of benzene rings is 2. The zero-order valence-electron chi connectivity index (χ0n) is 17.3. The van der Waals surface area contributed by atoms with E-state index in [0.717, 1.165) is 24.2 Å². The number of amides is 1. The molecule has 6 nitrogen and oxygen atoms in total. The van der Waals surface area contributed by atoms with Crippen molar-refractivity contribution in [1.82, 2.24) is 5.32 Å². The topological polar surface area (TPSA) is 103 Å². The van der Waals surface area contributed by atoms with Crippen molar-refractivity contribution in [2.45, 2.75) is 60.5 Å². The Morgan fingerprint density at radius 2 is 1.68 bits per heavy atom. The van der Waals surface area contributed by atoms with E-state index in [2.05, 4.69) is 17.5 Å². The Morgan fingerprint density at radius 3 is 2.35 bits per heavy atom. The smallest absolute Gasteiger partial charge is 0.340 e. The Morgan fingerprint density at radius 1 is 1.03 bits per heavy atom. The summed E-state index contributed by atoms with van der Waals surface area (Å²) in [5, 5.41) is 21.7. The van der Waals surface area contributed by atoms with Gasteiger partial charge in [0.25, 0.3) is 5.91 Å². The molecule has 158 valence electrons. The van der Waals surface area contributed by atoms with E-state index in [-0.39, 0.29) is 0 Å². The first-order valence-electron chi connectivity index (χ1n) is 10.2. The second kappa shape index (κ2) is 10.1. The average molecular weight is 434 g/mol. The minimum atomic E-state index is -1.04. The number of nitrogens with one attached hydrogen (secondary N) is 1. The summed E-state index contributed by atoms with van der Waals surface area (Å²) in [5.41, 5.74) is -0.0599. The fraction of sp³-hybridized carbons (Fsp3) is 0.333. The Bertz CT molecular complexity index is 1050. The van der Waals surface area contributed by atoms with Gasteiger partial charge in [-0.1, -0.05) is 55.3 Å². The van der Waals surface area contributed by atoms with E-state index < -0.39 is 23.5 Å². The van der Waals surface area contributed by atoms with E-state index in [4.69, 9.17) is 4.74 Å². The average Bonchev–Trinajstić information content (AvgIpc) is 2.80. The van der Waals surface area contributed by atoms with Gasteiger partial charge in [-0.05, 0) is 44.0 Å². The first-order valence-corrected chi connectivity index (χ1v) is 11.0. The van der Waals surface area contributed by atoms with E-state index in [1.807, 2.05) is 12.1 Å². The Hall–Kier alpha value is -3.29. The van der Waals surface area contributed by atoms with Crippen LogP contribution in [-0.2, 0) is 9.53 Å². The number of nitrogens with zero attached hydrogens (tertiary/aromatic N) is 2. The zero-order chi connectivity index (χ0) is 22.3. The van der Waals surface area contributed by atoms with E-state index in [9.17, 15) is 20.1 Å². The molecule has 2 aromatic carbocycles. The lowest BCUT2D eigenvalue weighted by Gasteiger charge is -2.32. The number of nitriles is 2. The number of rotatable bonds is 6. The van der Waals surface area contributed by atoms with Crippen LogP contribution >= 0.6 is 11.8 Å². The van der Waals surface area contributed by atoms with Crippen LogP contribution in [0.25, 0.3) is 0 Å². The number of esters is 1. The molecule has 1 N–H and O–H groups in total. The van der Waals surface area contributed by atoms with Crippen LogP contribution in [0.15, 0.2) is 58.3 Å². The molecule has 0 saturated heterocycles. The normalized spacial score (nSPS) is 15.7. The molecule has 7 heteroatoms. The quantitative estimate of drug-likeness (QED) is 0.668. The largest absolute Gasteiger partial charge is 0.449 e. The van der Waals surface area contributed by atoms with E-state index in [1.54, 1.807) is 36.4 Å². The van der Waals surface area contributed by atoms with Gasteiger partial charge in [-0.2, -0.15) is 10.5 Å². The number of carbonyl (C=O) groups is 2. The van der Waals surface area contributed by atoms with Gasteiger partial charge in [0.05, 0.1) is 17.2 Å². The SMILES string of the molecule is CC(OC(=O)c1ccccc1Sc1ccccc1C#N)C(=O)NC1(C#N)CCCCC1. The number of hydrogen-bond acceptors (Lipinski definition) is 6. The highest BCUT2D eigenvalue weighted by molar-refractivity contribution is 7.99.